The number of ether oxygens (including phenoxy) is 1. The maximum atomic E-state index is 11.9. The number of methoxy groups -OCH3 is 1. The van der Waals surface area contributed by atoms with Crippen LogP contribution in [0.2, 0.25) is 0 Å². The zero-order chi connectivity index (χ0) is 14.4. The highest BCUT2D eigenvalue weighted by atomic mass is 16.5. The number of hydrogen-bond acceptors (Lipinski definition) is 5. The zero-order valence-corrected chi connectivity index (χ0v) is 10.5. The van der Waals surface area contributed by atoms with Crippen molar-refractivity contribution in [2.75, 3.05) is 13.7 Å². The summed E-state index contributed by atoms with van der Waals surface area (Å²) in [7, 11) is 1.12. The Morgan fingerprint density at radius 3 is 2.42 bits per heavy atom. The lowest BCUT2D eigenvalue weighted by Crippen LogP contribution is -2.43. The van der Waals surface area contributed by atoms with Gasteiger partial charge in [-0.05, 0) is 12.8 Å². The van der Waals surface area contributed by atoms with Gasteiger partial charge in [0.15, 0.2) is 6.10 Å². The van der Waals surface area contributed by atoms with Crippen molar-refractivity contribution in [3.63, 3.8) is 0 Å². The molecule has 7 nitrogen and oxygen atoms in total. The summed E-state index contributed by atoms with van der Waals surface area (Å²) < 4.78 is 4.30. The second kappa shape index (κ2) is 6.89. The fourth-order valence-corrected chi connectivity index (χ4v) is 1.92. The number of aliphatic hydroxyl groups excluding tert-OH is 1. The van der Waals surface area contributed by atoms with Gasteiger partial charge in [-0.2, -0.15) is 0 Å². The highest BCUT2D eigenvalue weighted by Crippen LogP contribution is 2.25. The monoisotopic (exact) mass is 271 g/mol. The molecule has 0 bridgehead atoms. The molecule has 0 spiro atoms. The Hall–Kier alpha value is -1.89. The number of carboxylic acid groups (broad SMARTS) is 1. The van der Waals surface area contributed by atoms with Crippen molar-refractivity contribution in [1.82, 2.24) is 5.32 Å². The van der Waals surface area contributed by atoms with Crippen LogP contribution < -0.4 is 5.32 Å². The van der Waals surface area contributed by atoms with Crippen LogP contribution in [0.3, 0.4) is 0 Å². The lowest BCUT2D eigenvalue weighted by molar-refractivity contribution is -0.151. The number of amides is 1. The lowest BCUT2D eigenvalue weighted by atomic mass is 9.82. The van der Waals surface area contributed by atoms with Crippen LogP contribution in [0.1, 0.15) is 12.8 Å². The third-order valence-electron chi connectivity index (χ3n) is 3.03. The van der Waals surface area contributed by atoms with Gasteiger partial charge in [0.25, 0.3) is 0 Å². The number of esters is 1. The Balaban J connectivity index is 2.54. The Labute approximate surface area is 110 Å². The minimum Gasteiger partial charge on any atom is -0.481 e. The van der Waals surface area contributed by atoms with E-state index in [0.29, 0.717) is 12.8 Å². The molecule has 0 saturated heterocycles. The lowest BCUT2D eigenvalue weighted by Gasteiger charge is -2.24. The third-order valence-corrected chi connectivity index (χ3v) is 3.03. The fraction of sp³-hybridized carbons (Fsp3) is 0.583. The van der Waals surface area contributed by atoms with Crippen molar-refractivity contribution in [3.8, 4) is 0 Å². The number of carboxylic acids is 1. The molecule has 1 rings (SSSR count). The number of aliphatic carboxylic acids is 1. The predicted molar refractivity (Wildman–Crippen MR) is 64.0 cm³/mol. The number of hydrogen-bond donors (Lipinski definition) is 3. The van der Waals surface area contributed by atoms with Gasteiger partial charge in [0, 0.05) is 0 Å². The first kappa shape index (κ1) is 15.2. The van der Waals surface area contributed by atoms with Crippen LogP contribution in [0.15, 0.2) is 12.2 Å². The molecule has 0 aromatic carbocycles. The van der Waals surface area contributed by atoms with Gasteiger partial charge in [-0.3, -0.25) is 9.59 Å². The van der Waals surface area contributed by atoms with Crippen LogP contribution in [-0.2, 0) is 19.1 Å². The summed E-state index contributed by atoms with van der Waals surface area (Å²) in [5.74, 6) is -3.83. The number of rotatable bonds is 5. The van der Waals surface area contributed by atoms with E-state index in [1.165, 1.54) is 0 Å². The fourth-order valence-electron chi connectivity index (χ4n) is 1.92. The number of aliphatic hydroxyl groups is 1. The van der Waals surface area contributed by atoms with E-state index in [0.717, 1.165) is 7.11 Å². The molecule has 0 radical (unpaired) electrons. The summed E-state index contributed by atoms with van der Waals surface area (Å²) in [4.78, 5) is 33.8. The maximum Gasteiger partial charge on any atom is 0.336 e. The molecule has 0 heterocycles. The molecule has 1 amide bonds. The Bertz CT molecular complexity index is 392. The minimum atomic E-state index is -1.45. The van der Waals surface area contributed by atoms with Gasteiger partial charge in [-0.1, -0.05) is 12.2 Å². The van der Waals surface area contributed by atoms with Gasteiger partial charge in [-0.15, -0.1) is 0 Å². The van der Waals surface area contributed by atoms with Gasteiger partial charge in [0.05, 0.1) is 25.5 Å². The molecule has 0 aromatic rings. The largest absolute Gasteiger partial charge is 0.481 e. The van der Waals surface area contributed by atoms with E-state index in [4.69, 9.17) is 5.11 Å². The third kappa shape index (κ3) is 4.06. The second-order valence-electron chi connectivity index (χ2n) is 4.28. The number of carbonyl (C=O) groups excluding carboxylic acids is 2. The van der Waals surface area contributed by atoms with E-state index < -0.39 is 35.8 Å². The van der Waals surface area contributed by atoms with Crippen molar-refractivity contribution < 1.29 is 29.3 Å². The van der Waals surface area contributed by atoms with Crippen molar-refractivity contribution >= 4 is 17.8 Å². The molecule has 1 aliphatic carbocycles. The van der Waals surface area contributed by atoms with Crippen LogP contribution in [0.4, 0.5) is 0 Å². The average molecular weight is 271 g/mol. The first-order valence-electron chi connectivity index (χ1n) is 5.88. The number of nitrogens with one attached hydrogen (secondary N) is 1. The standard InChI is InChI=1S/C12H17NO6/c1-19-12(18)9(14)6-13-10(15)7-4-2-3-5-8(7)11(16)17/h2-3,7-9,14H,4-6H2,1H3,(H,13,15)(H,16,17). The van der Waals surface area contributed by atoms with E-state index in [-0.39, 0.29) is 6.54 Å². The minimum absolute atomic E-state index is 0.294. The van der Waals surface area contributed by atoms with Crippen LogP contribution in [0.5, 0.6) is 0 Å². The first-order valence-corrected chi connectivity index (χ1v) is 5.88. The molecule has 0 fully saturated rings. The Morgan fingerprint density at radius 1 is 1.32 bits per heavy atom. The summed E-state index contributed by atoms with van der Waals surface area (Å²) in [6, 6.07) is 0. The molecular weight excluding hydrogens is 254 g/mol. The molecule has 3 unspecified atom stereocenters. The van der Waals surface area contributed by atoms with Crippen LogP contribution in [0, 0.1) is 11.8 Å². The smallest absolute Gasteiger partial charge is 0.336 e. The highest BCUT2D eigenvalue weighted by molar-refractivity contribution is 5.85. The molecule has 19 heavy (non-hydrogen) atoms. The molecule has 3 N–H and O–H groups in total. The van der Waals surface area contributed by atoms with Crippen molar-refractivity contribution in [2.45, 2.75) is 18.9 Å². The molecule has 7 heteroatoms. The second-order valence-corrected chi connectivity index (χ2v) is 4.28. The maximum absolute atomic E-state index is 11.9. The Morgan fingerprint density at radius 2 is 1.89 bits per heavy atom. The van der Waals surface area contributed by atoms with E-state index in [1.54, 1.807) is 12.2 Å². The molecule has 1 aliphatic rings. The zero-order valence-electron chi connectivity index (χ0n) is 10.5. The molecule has 0 aliphatic heterocycles. The van der Waals surface area contributed by atoms with Gasteiger partial charge < -0.3 is 20.3 Å². The number of carbonyl (C=O) groups is 3. The quantitative estimate of drug-likeness (QED) is 0.450. The summed E-state index contributed by atoms with van der Waals surface area (Å²) >= 11 is 0. The van der Waals surface area contributed by atoms with Crippen LogP contribution >= 0.6 is 0 Å². The van der Waals surface area contributed by atoms with E-state index in [9.17, 15) is 19.5 Å². The normalized spacial score (nSPS) is 23.5. The molecule has 106 valence electrons. The van der Waals surface area contributed by atoms with Crippen LogP contribution in [-0.4, -0.2) is 47.8 Å². The molecule has 0 saturated carbocycles. The SMILES string of the molecule is COC(=O)C(O)CNC(=O)C1CC=CCC1C(=O)O. The molecular formula is C12H17NO6. The van der Waals surface area contributed by atoms with Crippen LogP contribution in [0.25, 0.3) is 0 Å². The number of allylic oxidation sites excluding steroid dienone is 2. The van der Waals surface area contributed by atoms with Crippen molar-refractivity contribution in [2.24, 2.45) is 11.8 Å². The van der Waals surface area contributed by atoms with E-state index >= 15 is 0 Å². The van der Waals surface area contributed by atoms with E-state index in [1.807, 2.05) is 0 Å². The molecule has 3 atom stereocenters. The summed E-state index contributed by atoms with van der Waals surface area (Å²) in [6.45, 7) is -0.294. The van der Waals surface area contributed by atoms with Gasteiger partial charge in [0.1, 0.15) is 0 Å². The molecule has 0 aromatic heterocycles. The topological polar surface area (TPSA) is 113 Å². The van der Waals surface area contributed by atoms with Gasteiger partial charge in [-0.25, -0.2) is 4.79 Å². The summed E-state index contributed by atoms with van der Waals surface area (Å²) in [5.41, 5.74) is 0. The average Bonchev–Trinajstić information content (AvgIpc) is 2.43. The van der Waals surface area contributed by atoms with E-state index in [2.05, 4.69) is 10.1 Å². The first-order chi connectivity index (χ1) is 8.97. The van der Waals surface area contributed by atoms with Crippen molar-refractivity contribution in [1.29, 1.82) is 0 Å². The Kier molecular flexibility index (Phi) is 5.50. The van der Waals surface area contributed by atoms with Crippen molar-refractivity contribution in [3.05, 3.63) is 12.2 Å². The van der Waals surface area contributed by atoms with Gasteiger partial charge >= 0.3 is 11.9 Å². The van der Waals surface area contributed by atoms with Gasteiger partial charge in [0.2, 0.25) is 5.91 Å². The summed E-state index contributed by atoms with van der Waals surface area (Å²) in [6.07, 6.45) is 2.66. The highest BCUT2D eigenvalue weighted by Gasteiger charge is 2.34. The predicted octanol–water partition coefficient (Wildman–Crippen LogP) is -0.697. The summed E-state index contributed by atoms with van der Waals surface area (Å²) in [5, 5.41) is 20.7.